The van der Waals surface area contributed by atoms with Gasteiger partial charge in [0.1, 0.15) is 0 Å². The lowest BCUT2D eigenvalue weighted by atomic mass is 10.7. The van der Waals surface area contributed by atoms with Crippen LogP contribution in [0.25, 0.3) is 0 Å². The quantitative estimate of drug-likeness (QED) is 0.343. The molecule has 0 aromatic carbocycles. The largest absolute Gasteiger partial charge is 0.277 e. The molecule has 4 nitrogen and oxygen atoms in total. The van der Waals surface area contributed by atoms with Crippen LogP contribution in [-0.2, 0) is 9.59 Å². The van der Waals surface area contributed by atoms with E-state index in [2.05, 4.69) is 0 Å². The molecule has 2 amide bonds. The van der Waals surface area contributed by atoms with Crippen molar-refractivity contribution < 1.29 is 9.59 Å². The fourth-order valence-corrected chi connectivity index (χ4v) is 0.264. The zero-order valence-corrected chi connectivity index (χ0v) is 5.74. The molecule has 0 fully saturated rings. The summed E-state index contributed by atoms with van der Waals surface area (Å²) >= 11 is 10.1. The van der Waals surface area contributed by atoms with Crippen LogP contribution in [0.3, 0.4) is 0 Å². The summed E-state index contributed by atoms with van der Waals surface area (Å²) in [4.78, 5) is 18.7. The van der Waals surface area contributed by atoms with Crippen molar-refractivity contribution in [1.29, 1.82) is 0 Å². The predicted molar refractivity (Wildman–Crippen MR) is 32.8 cm³/mol. The summed E-state index contributed by atoms with van der Waals surface area (Å²) in [5.41, 5.74) is 3.79. The van der Waals surface area contributed by atoms with Gasteiger partial charge < -0.3 is 0 Å². The number of nitrogens with one attached hydrogen (secondary N) is 2. The van der Waals surface area contributed by atoms with Crippen molar-refractivity contribution in [2.75, 3.05) is 0 Å². The lowest BCUT2D eigenvalue weighted by molar-refractivity contribution is -0.123. The van der Waals surface area contributed by atoms with Crippen LogP contribution in [-0.4, -0.2) is 17.2 Å². The maximum absolute atomic E-state index is 10.3. The number of rotatable bonds is 3. The predicted octanol–water partition coefficient (Wildman–Crippen LogP) is -0.433. The molecule has 0 aromatic rings. The van der Waals surface area contributed by atoms with E-state index in [1.54, 1.807) is 0 Å². The normalized spacial score (nSPS) is 8.78. The average Bonchev–Trinajstić information content (AvgIpc) is 1.82. The van der Waals surface area contributed by atoms with Gasteiger partial charge in [-0.3, -0.25) is 20.4 Å². The molecule has 0 saturated heterocycles. The zero-order valence-electron chi connectivity index (χ0n) is 4.23. The summed E-state index contributed by atoms with van der Waals surface area (Å²) in [5.74, 6) is -0.662. The fraction of sp³-hybridized carbons (Fsp3) is 0.333. The Bertz CT molecular complexity index is 116. The van der Waals surface area contributed by atoms with Gasteiger partial charge in [0.2, 0.25) is 6.41 Å². The van der Waals surface area contributed by atoms with Gasteiger partial charge in [0.25, 0.3) is 5.91 Å². The van der Waals surface area contributed by atoms with Crippen LogP contribution in [0.2, 0.25) is 0 Å². The van der Waals surface area contributed by atoms with Crippen molar-refractivity contribution in [1.82, 2.24) is 10.9 Å². The second-order valence-electron chi connectivity index (χ2n) is 1.05. The van der Waals surface area contributed by atoms with E-state index in [0.29, 0.717) is 6.41 Å². The Balaban J connectivity index is 3.38. The summed E-state index contributed by atoms with van der Waals surface area (Å²) < 4.78 is 0. The van der Waals surface area contributed by atoms with Crippen molar-refractivity contribution in [3.05, 3.63) is 0 Å². The van der Waals surface area contributed by atoms with E-state index in [1.807, 2.05) is 10.9 Å². The van der Waals surface area contributed by atoms with Crippen molar-refractivity contribution in [2.24, 2.45) is 0 Å². The molecule has 0 aliphatic carbocycles. The second kappa shape index (κ2) is 4.40. The maximum Gasteiger partial charge on any atom is 0.271 e. The molecule has 0 atom stereocenters. The van der Waals surface area contributed by atoms with Crippen molar-refractivity contribution in [3.8, 4) is 0 Å². The zero-order chi connectivity index (χ0) is 7.28. The van der Waals surface area contributed by atoms with Crippen LogP contribution in [0.4, 0.5) is 0 Å². The van der Waals surface area contributed by atoms with Gasteiger partial charge in [-0.2, -0.15) is 0 Å². The smallest absolute Gasteiger partial charge is 0.271 e. The monoisotopic (exact) mass is 170 g/mol. The molecular weight excluding hydrogens is 167 g/mol. The number of halogens is 2. The van der Waals surface area contributed by atoms with Crippen LogP contribution in [0.15, 0.2) is 0 Å². The first-order valence-corrected chi connectivity index (χ1v) is 2.83. The van der Waals surface area contributed by atoms with E-state index in [1.165, 1.54) is 0 Å². The Morgan fingerprint density at radius 1 is 1.56 bits per heavy atom. The summed E-state index contributed by atoms with van der Waals surface area (Å²) in [6, 6.07) is 0. The van der Waals surface area contributed by atoms with Crippen LogP contribution in [0, 0.1) is 0 Å². The third kappa shape index (κ3) is 4.05. The third-order valence-electron chi connectivity index (χ3n) is 0.452. The molecule has 9 heavy (non-hydrogen) atoms. The van der Waals surface area contributed by atoms with Gasteiger partial charge in [-0.15, -0.1) is 0 Å². The maximum atomic E-state index is 10.3. The highest BCUT2D eigenvalue weighted by molar-refractivity contribution is 6.53. The standard InChI is InChI=1S/C3H4Cl2N2O2/c4-2(5)3(9)7-6-1-8/h1-2H,(H,6,8)(H,7,9). The molecule has 0 heterocycles. The van der Waals surface area contributed by atoms with Crippen molar-refractivity contribution in [2.45, 2.75) is 4.84 Å². The van der Waals surface area contributed by atoms with Crippen molar-refractivity contribution >= 4 is 35.5 Å². The van der Waals surface area contributed by atoms with E-state index >= 15 is 0 Å². The van der Waals surface area contributed by atoms with Crippen LogP contribution in [0.1, 0.15) is 0 Å². The van der Waals surface area contributed by atoms with Gasteiger partial charge in [0, 0.05) is 0 Å². The molecule has 6 heteroatoms. The van der Waals surface area contributed by atoms with Crippen LogP contribution >= 0.6 is 23.2 Å². The number of hydrogen-bond donors (Lipinski definition) is 2. The van der Waals surface area contributed by atoms with E-state index in [0.717, 1.165) is 0 Å². The van der Waals surface area contributed by atoms with Gasteiger partial charge in [0.05, 0.1) is 0 Å². The van der Waals surface area contributed by atoms with Crippen LogP contribution in [0.5, 0.6) is 0 Å². The number of carbonyl (C=O) groups excluding carboxylic acids is 2. The molecule has 0 rings (SSSR count). The molecule has 0 bridgehead atoms. The SMILES string of the molecule is O=CNNC(=O)C(Cl)Cl. The fourth-order valence-electron chi connectivity index (χ4n) is 0.155. The second-order valence-corrected chi connectivity index (χ2v) is 2.15. The summed E-state index contributed by atoms with van der Waals surface area (Å²) in [6.07, 6.45) is 0.300. The van der Waals surface area contributed by atoms with E-state index in [4.69, 9.17) is 23.2 Å². The number of carbonyl (C=O) groups is 2. The summed E-state index contributed by atoms with van der Waals surface area (Å²) in [5, 5.41) is 0. The first kappa shape index (κ1) is 8.52. The Morgan fingerprint density at radius 2 is 2.11 bits per heavy atom. The Hall–Kier alpha value is -0.480. The highest BCUT2D eigenvalue weighted by atomic mass is 35.5. The molecule has 2 N–H and O–H groups in total. The molecule has 0 radical (unpaired) electrons. The third-order valence-corrected chi connectivity index (χ3v) is 0.849. The van der Waals surface area contributed by atoms with Gasteiger partial charge in [-0.25, -0.2) is 0 Å². The minimum absolute atomic E-state index is 0.300. The lowest BCUT2D eigenvalue weighted by Gasteiger charge is -2.00. The number of hydrogen-bond acceptors (Lipinski definition) is 2. The number of amides is 2. The van der Waals surface area contributed by atoms with Gasteiger partial charge in [0.15, 0.2) is 4.84 Å². The first-order valence-electron chi connectivity index (χ1n) is 1.95. The molecule has 0 saturated carbocycles. The molecule has 0 aliphatic rings. The van der Waals surface area contributed by atoms with Gasteiger partial charge in [-0.05, 0) is 0 Å². The molecule has 0 spiro atoms. The minimum atomic E-state index is -1.16. The average molecular weight is 171 g/mol. The highest BCUT2D eigenvalue weighted by Gasteiger charge is 2.08. The molecule has 52 valence electrons. The lowest BCUT2D eigenvalue weighted by Crippen LogP contribution is -2.39. The van der Waals surface area contributed by atoms with Gasteiger partial charge in [-0.1, -0.05) is 23.2 Å². The first-order chi connectivity index (χ1) is 4.18. The van der Waals surface area contributed by atoms with Crippen molar-refractivity contribution in [3.63, 3.8) is 0 Å². The summed E-state index contributed by atoms with van der Waals surface area (Å²) in [6.45, 7) is 0. The molecule has 0 aromatic heterocycles. The Morgan fingerprint density at radius 3 is 2.44 bits per heavy atom. The van der Waals surface area contributed by atoms with E-state index in [-0.39, 0.29) is 0 Å². The molecular formula is C3H4Cl2N2O2. The Kier molecular flexibility index (Phi) is 4.17. The van der Waals surface area contributed by atoms with Crippen LogP contribution < -0.4 is 10.9 Å². The minimum Gasteiger partial charge on any atom is -0.277 e. The Labute approximate surface area is 61.5 Å². The topological polar surface area (TPSA) is 58.2 Å². The van der Waals surface area contributed by atoms with E-state index < -0.39 is 10.7 Å². The highest BCUT2D eigenvalue weighted by Crippen LogP contribution is 1.98. The number of alkyl halides is 2. The molecule has 0 aliphatic heterocycles. The molecule has 0 unspecified atom stereocenters. The van der Waals surface area contributed by atoms with E-state index in [9.17, 15) is 9.59 Å². The number of hydrazine groups is 1. The summed E-state index contributed by atoms with van der Waals surface area (Å²) in [7, 11) is 0. The van der Waals surface area contributed by atoms with Gasteiger partial charge >= 0.3 is 0 Å².